The van der Waals surface area contributed by atoms with Crippen LogP contribution >= 0.6 is 27.5 Å². The van der Waals surface area contributed by atoms with Crippen molar-refractivity contribution in [1.82, 2.24) is 0 Å². The van der Waals surface area contributed by atoms with Crippen molar-refractivity contribution in [3.63, 3.8) is 0 Å². The Hall–Kier alpha value is -1.57. The fraction of sp³-hybridized carbons (Fsp3) is 0.0714. The number of rotatable bonds is 4. The highest BCUT2D eigenvalue weighted by atomic mass is 79.9. The van der Waals surface area contributed by atoms with E-state index >= 15 is 0 Å². The number of methoxy groups -OCH3 is 1. The van der Waals surface area contributed by atoms with Gasteiger partial charge in [0.15, 0.2) is 0 Å². The molecular weight excluding hydrogens is 394 g/mol. The summed E-state index contributed by atoms with van der Waals surface area (Å²) in [5, 5.41) is 0.179. The van der Waals surface area contributed by atoms with Crippen LogP contribution < -0.4 is 4.72 Å². The van der Waals surface area contributed by atoms with Crippen molar-refractivity contribution in [2.75, 3.05) is 11.8 Å². The molecule has 0 heterocycles. The van der Waals surface area contributed by atoms with E-state index < -0.39 is 16.0 Å². The van der Waals surface area contributed by atoms with Crippen molar-refractivity contribution >= 4 is 49.2 Å². The van der Waals surface area contributed by atoms with Crippen molar-refractivity contribution in [3.8, 4) is 0 Å². The van der Waals surface area contributed by atoms with Gasteiger partial charge in [-0.3, -0.25) is 4.72 Å². The van der Waals surface area contributed by atoms with E-state index in [1.54, 1.807) is 12.1 Å². The summed E-state index contributed by atoms with van der Waals surface area (Å²) in [5.41, 5.74) is 0.299. The van der Waals surface area contributed by atoms with Gasteiger partial charge in [0.25, 0.3) is 10.0 Å². The van der Waals surface area contributed by atoms with Gasteiger partial charge in [0.1, 0.15) is 0 Å². The summed E-state index contributed by atoms with van der Waals surface area (Å²) in [6, 6.07) is 10.4. The summed E-state index contributed by atoms with van der Waals surface area (Å²) in [5.74, 6) is -0.644. The van der Waals surface area contributed by atoms with Crippen molar-refractivity contribution in [3.05, 3.63) is 57.5 Å². The second-order valence-electron chi connectivity index (χ2n) is 4.25. The maximum absolute atomic E-state index is 12.3. The lowest BCUT2D eigenvalue weighted by Crippen LogP contribution is -2.13. The molecule has 1 N–H and O–H groups in total. The number of benzene rings is 2. The number of ether oxygens (including phenoxy) is 1. The average molecular weight is 405 g/mol. The fourth-order valence-corrected chi connectivity index (χ4v) is 3.19. The number of hydrogen-bond acceptors (Lipinski definition) is 4. The molecule has 0 radical (unpaired) electrons. The zero-order valence-electron chi connectivity index (χ0n) is 11.3. The molecule has 0 aliphatic carbocycles. The third-order valence-electron chi connectivity index (χ3n) is 2.75. The lowest BCUT2D eigenvalue weighted by molar-refractivity contribution is 0.0601. The van der Waals surface area contributed by atoms with Gasteiger partial charge < -0.3 is 4.74 Å². The molecule has 0 aliphatic rings. The van der Waals surface area contributed by atoms with Crippen LogP contribution in [-0.2, 0) is 14.8 Å². The summed E-state index contributed by atoms with van der Waals surface area (Å²) in [6.07, 6.45) is 0. The minimum absolute atomic E-state index is 0.0835. The summed E-state index contributed by atoms with van der Waals surface area (Å²) in [7, 11) is -2.54. The predicted molar refractivity (Wildman–Crippen MR) is 87.7 cm³/mol. The maximum Gasteiger partial charge on any atom is 0.339 e. The van der Waals surface area contributed by atoms with E-state index in [1.165, 1.54) is 37.4 Å². The smallest absolute Gasteiger partial charge is 0.339 e. The number of hydrogen-bond donors (Lipinski definition) is 1. The lowest BCUT2D eigenvalue weighted by Gasteiger charge is -2.10. The number of sulfonamides is 1. The van der Waals surface area contributed by atoms with Gasteiger partial charge in [-0.1, -0.05) is 27.5 Å². The van der Waals surface area contributed by atoms with Gasteiger partial charge in [-0.25, -0.2) is 13.2 Å². The summed E-state index contributed by atoms with van der Waals surface area (Å²) in [4.78, 5) is 11.7. The predicted octanol–water partition coefficient (Wildman–Crippen LogP) is 3.69. The van der Waals surface area contributed by atoms with E-state index in [0.29, 0.717) is 0 Å². The summed E-state index contributed by atoms with van der Waals surface area (Å²) >= 11 is 9.13. The van der Waals surface area contributed by atoms with Crippen LogP contribution in [0.4, 0.5) is 5.69 Å². The molecule has 0 aliphatic heterocycles. The Bertz CT molecular complexity index is 806. The molecule has 2 aromatic rings. The number of esters is 1. The number of nitrogens with one attached hydrogen (secondary N) is 1. The van der Waals surface area contributed by atoms with E-state index in [-0.39, 0.29) is 21.2 Å². The fourth-order valence-electron chi connectivity index (χ4n) is 1.68. The number of carbonyl (C=O) groups is 1. The first kappa shape index (κ1) is 16.8. The molecule has 0 fully saturated rings. The molecule has 2 aromatic carbocycles. The van der Waals surface area contributed by atoms with Crippen LogP contribution in [0.5, 0.6) is 0 Å². The normalized spacial score (nSPS) is 11.0. The van der Waals surface area contributed by atoms with Crippen LogP contribution in [0.25, 0.3) is 0 Å². The van der Waals surface area contributed by atoms with Crippen LogP contribution in [0.3, 0.4) is 0 Å². The Morgan fingerprint density at radius 2 is 1.82 bits per heavy atom. The highest BCUT2D eigenvalue weighted by Gasteiger charge is 2.17. The van der Waals surface area contributed by atoms with E-state index in [9.17, 15) is 13.2 Å². The molecule has 5 nitrogen and oxygen atoms in total. The molecule has 0 saturated heterocycles. The molecule has 8 heteroatoms. The van der Waals surface area contributed by atoms with Crippen LogP contribution in [0.15, 0.2) is 51.8 Å². The Balaban J connectivity index is 2.34. The van der Waals surface area contributed by atoms with Crippen LogP contribution in [-0.4, -0.2) is 21.5 Å². The number of halogens is 2. The van der Waals surface area contributed by atoms with E-state index in [2.05, 4.69) is 25.4 Å². The van der Waals surface area contributed by atoms with Gasteiger partial charge in [0.2, 0.25) is 0 Å². The standard InChI is InChI=1S/C14H11BrClNO4S/c1-21-14(18)12-8-10(4-7-13(12)16)17-22(19,20)11-5-2-9(15)3-6-11/h2-8,17H,1H3. The van der Waals surface area contributed by atoms with Gasteiger partial charge in [-0.05, 0) is 42.5 Å². The highest BCUT2D eigenvalue weighted by Crippen LogP contribution is 2.24. The largest absolute Gasteiger partial charge is 0.465 e. The van der Waals surface area contributed by atoms with Gasteiger partial charge in [-0.15, -0.1) is 0 Å². The third-order valence-corrected chi connectivity index (χ3v) is 5.00. The Morgan fingerprint density at radius 1 is 1.18 bits per heavy atom. The molecule has 116 valence electrons. The first-order chi connectivity index (χ1) is 10.3. The van der Waals surface area contributed by atoms with E-state index in [1.807, 2.05) is 0 Å². The average Bonchev–Trinajstić information content (AvgIpc) is 2.48. The Labute approximate surface area is 141 Å². The van der Waals surface area contributed by atoms with Crippen molar-refractivity contribution < 1.29 is 17.9 Å². The third kappa shape index (κ3) is 3.79. The van der Waals surface area contributed by atoms with Crippen molar-refractivity contribution in [2.24, 2.45) is 0 Å². The molecule has 0 saturated carbocycles. The zero-order chi connectivity index (χ0) is 16.3. The van der Waals surface area contributed by atoms with Crippen LogP contribution in [0.1, 0.15) is 10.4 Å². The van der Waals surface area contributed by atoms with Crippen LogP contribution in [0.2, 0.25) is 5.02 Å². The van der Waals surface area contributed by atoms with Crippen molar-refractivity contribution in [2.45, 2.75) is 4.90 Å². The Morgan fingerprint density at radius 3 is 2.41 bits per heavy atom. The molecular formula is C14H11BrClNO4S. The quantitative estimate of drug-likeness (QED) is 0.789. The molecule has 0 unspecified atom stereocenters. The molecule has 0 amide bonds. The summed E-state index contributed by atoms with van der Waals surface area (Å²) in [6.45, 7) is 0. The number of carbonyl (C=O) groups excluding carboxylic acids is 1. The second kappa shape index (κ2) is 6.68. The molecule has 0 bridgehead atoms. The highest BCUT2D eigenvalue weighted by molar-refractivity contribution is 9.10. The molecule has 0 aromatic heterocycles. The SMILES string of the molecule is COC(=O)c1cc(NS(=O)(=O)c2ccc(Br)cc2)ccc1Cl. The number of anilines is 1. The van der Waals surface area contributed by atoms with Crippen molar-refractivity contribution in [1.29, 1.82) is 0 Å². The minimum atomic E-state index is -3.76. The van der Waals surface area contributed by atoms with Crippen LogP contribution in [0, 0.1) is 0 Å². The second-order valence-corrected chi connectivity index (χ2v) is 7.25. The van der Waals surface area contributed by atoms with E-state index in [0.717, 1.165) is 4.47 Å². The molecule has 0 atom stereocenters. The zero-order valence-corrected chi connectivity index (χ0v) is 14.5. The topological polar surface area (TPSA) is 72.5 Å². The maximum atomic E-state index is 12.3. The van der Waals surface area contributed by atoms with Gasteiger partial charge in [0, 0.05) is 10.2 Å². The van der Waals surface area contributed by atoms with Gasteiger partial charge >= 0.3 is 5.97 Å². The molecule has 0 spiro atoms. The Kier molecular flexibility index (Phi) is 5.10. The summed E-state index contributed by atoms with van der Waals surface area (Å²) < 4.78 is 32.3. The molecule has 2 rings (SSSR count). The first-order valence-electron chi connectivity index (χ1n) is 6.00. The lowest BCUT2D eigenvalue weighted by atomic mass is 10.2. The van der Waals surface area contributed by atoms with Gasteiger partial charge in [0.05, 0.1) is 22.6 Å². The van der Waals surface area contributed by atoms with Gasteiger partial charge in [-0.2, -0.15) is 0 Å². The minimum Gasteiger partial charge on any atom is -0.465 e. The monoisotopic (exact) mass is 403 g/mol. The first-order valence-corrected chi connectivity index (χ1v) is 8.65. The van der Waals surface area contributed by atoms with E-state index in [4.69, 9.17) is 11.6 Å². The molecule has 22 heavy (non-hydrogen) atoms.